The number of rotatable bonds is 10. The topological polar surface area (TPSA) is 158 Å². The molecule has 2 saturated heterocycles. The van der Waals surface area contributed by atoms with Gasteiger partial charge in [0.15, 0.2) is 0 Å². The van der Waals surface area contributed by atoms with Crippen LogP contribution in [-0.2, 0) is 30.9 Å². The van der Waals surface area contributed by atoms with E-state index in [9.17, 15) is 19.2 Å². The largest absolute Gasteiger partial charge is 0.453 e. The molecular weight excluding hydrogens is 787 g/mol. The second kappa shape index (κ2) is 16.4. The van der Waals surface area contributed by atoms with Crippen molar-refractivity contribution in [2.45, 2.75) is 95.8 Å². The van der Waals surface area contributed by atoms with Gasteiger partial charge in [0, 0.05) is 48.1 Å². The lowest BCUT2D eigenvalue weighted by molar-refractivity contribution is -0.225. The summed E-state index contributed by atoms with van der Waals surface area (Å²) in [5, 5.41) is 5.21. The SMILES string of the molecule is COC(=O)N[C@H](C(=O)N1CCCC1C1=NC=C(c2ccc3c(c2)C(F)(F)C(F)(F)c2cc(-c4cnc(C5CCCN5C(=O)[C@@H](NC(=O)OC)C(C)C)[nH]4)ccc2-3)C1)C(C)C. The molecule has 3 aromatic rings. The molecule has 3 N–H and O–H groups in total. The summed E-state index contributed by atoms with van der Waals surface area (Å²) >= 11 is 0. The molecule has 0 radical (unpaired) electrons. The van der Waals surface area contributed by atoms with Gasteiger partial charge in [-0.3, -0.25) is 14.6 Å². The van der Waals surface area contributed by atoms with E-state index in [1.54, 1.807) is 35.8 Å². The van der Waals surface area contributed by atoms with Gasteiger partial charge in [-0.2, -0.15) is 17.6 Å². The average Bonchev–Trinajstić information content (AvgIpc) is 4.07. The van der Waals surface area contributed by atoms with Gasteiger partial charge in [-0.1, -0.05) is 52.0 Å². The molecule has 7 rings (SSSR count). The Morgan fingerprint density at radius 3 is 1.80 bits per heavy atom. The first kappa shape index (κ1) is 42.4. The zero-order valence-electron chi connectivity index (χ0n) is 34.3. The number of aromatic nitrogens is 2. The molecule has 4 heterocycles. The average molecular weight is 836 g/mol. The normalized spacial score (nSPS) is 21.2. The van der Waals surface area contributed by atoms with E-state index >= 15 is 17.6 Å². The van der Waals surface area contributed by atoms with Gasteiger partial charge in [0.1, 0.15) is 17.9 Å². The number of halogens is 4. The van der Waals surface area contributed by atoms with E-state index in [1.165, 1.54) is 38.7 Å². The molecule has 3 aliphatic heterocycles. The van der Waals surface area contributed by atoms with Crippen LogP contribution < -0.4 is 10.6 Å². The van der Waals surface area contributed by atoms with Crippen LogP contribution >= 0.6 is 0 Å². The number of carbonyl (C=O) groups excluding carboxylic acids is 4. The van der Waals surface area contributed by atoms with Crippen LogP contribution in [-0.4, -0.2) is 94.9 Å². The van der Waals surface area contributed by atoms with Crippen molar-refractivity contribution in [1.29, 1.82) is 0 Å². The van der Waals surface area contributed by atoms with E-state index in [-0.39, 0.29) is 52.8 Å². The molecule has 4 atom stereocenters. The van der Waals surface area contributed by atoms with Gasteiger partial charge in [0.2, 0.25) is 11.8 Å². The number of imidazole rings is 1. The van der Waals surface area contributed by atoms with Crippen LogP contribution in [0.15, 0.2) is 53.8 Å². The monoisotopic (exact) mass is 835 g/mol. The summed E-state index contributed by atoms with van der Waals surface area (Å²) in [7, 11) is 2.43. The van der Waals surface area contributed by atoms with Crippen molar-refractivity contribution in [3.8, 4) is 22.4 Å². The third kappa shape index (κ3) is 7.51. The molecule has 1 aromatic heterocycles. The van der Waals surface area contributed by atoms with Crippen LogP contribution in [0.2, 0.25) is 0 Å². The lowest BCUT2D eigenvalue weighted by Gasteiger charge is -2.35. The molecule has 0 saturated carbocycles. The van der Waals surface area contributed by atoms with Gasteiger partial charge in [0.25, 0.3) is 0 Å². The highest BCUT2D eigenvalue weighted by atomic mass is 19.3. The number of hydrogen-bond acceptors (Lipinski definition) is 8. The standard InChI is InChI=1S/C43H49F4N7O6/c1-22(2)35(51-40(57)59-5)38(55)53-15-7-9-33(53)31-19-26(20-48-31)24-11-13-27-28-14-12-25(18-30(28)43(46,47)42(44,45)29(27)17-24)32-21-49-37(50-32)34-10-8-16-54(34)39(56)36(23(3)4)52-41(58)60-6/h11-14,17-18,20-23,33-36H,7-10,15-16,19H2,1-6H3,(H,49,50)(H,51,57)(H,52,58)/t33?,34?,35-,36-/m0/s1. The van der Waals surface area contributed by atoms with Crippen LogP contribution in [0.4, 0.5) is 27.2 Å². The molecule has 60 heavy (non-hydrogen) atoms. The van der Waals surface area contributed by atoms with Crippen molar-refractivity contribution in [1.82, 2.24) is 30.4 Å². The summed E-state index contributed by atoms with van der Waals surface area (Å²) in [5.74, 6) is -9.82. The molecule has 0 bridgehead atoms. The number of ether oxygens (including phenoxy) is 2. The summed E-state index contributed by atoms with van der Waals surface area (Å²) in [6.07, 6.45) is 4.28. The van der Waals surface area contributed by atoms with E-state index < -0.39 is 53.3 Å². The summed E-state index contributed by atoms with van der Waals surface area (Å²) in [4.78, 5) is 66.6. The van der Waals surface area contributed by atoms with Gasteiger partial charge in [-0.25, -0.2) is 14.6 Å². The third-order valence-corrected chi connectivity index (χ3v) is 12.0. The number of amides is 4. The second-order valence-electron chi connectivity index (χ2n) is 16.4. The molecule has 320 valence electrons. The number of carbonyl (C=O) groups is 4. The Morgan fingerprint density at radius 2 is 1.27 bits per heavy atom. The Kier molecular flexibility index (Phi) is 11.6. The summed E-state index contributed by atoms with van der Waals surface area (Å²) in [5.41, 5.74) is 0.362. The van der Waals surface area contributed by atoms with E-state index in [2.05, 4.69) is 25.6 Å². The molecule has 2 fully saturated rings. The van der Waals surface area contributed by atoms with E-state index in [0.717, 1.165) is 12.1 Å². The fourth-order valence-corrected chi connectivity index (χ4v) is 8.71. The van der Waals surface area contributed by atoms with Crippen molar-refractivity contribution in [3.05, 3.63) is 71.3 Å². The fraction of sp³-hybridized carbons (Fsp3) is 0.488. The number of methoxy groups -OCH3 is 2. The molecule has 2 aromatic carbocycles. The summed E-state index contributed by atoms with van der Waals surface area (Å²) in [6.45, 7) is 8.08. The van der Waals surface area contributed by atoms with Crippen molar-refractivity contribution in [2.24, 2.45) is 16.8 Å². The highest BCUT2D eigenvalue weighted by Crippen LogP contribution is 2.58. The summed E-state index contributed by atoms with van der Waals surface area (Å²) in [6, 6.07) is 5.66. The maximum Gasteiger partial charge on any atom is 0.407 e. The number of alkyl halides is 4. The second-order valence-corrected chi connectivity index (χ2v) is 16.4. The Balaban J connectivity index is 1.11. The molecule has 4 amide bonds. The minimum Gasteiger partial charge on any atom is -0.453 e. The van der Waals surface area contributed by atoms with Gasteiger partial charge in [0.05, 0.1) is 38.2 Å². The summed E-state index contributed by atoms with van der Waals surface area (Å²) < 4.78 is 74.0. The Labute approximate surface area is 345 Å². The van der Waals surface area contributed by atoms with E-state index in [0.29, 0.717) is 67.1 Å². The van der Waals surface area contributed by atoms with E-state index in [1.807, 2.05) is 13.8 Å². The molecule has 2 unspecified atom stereocenters. The van der Waals surface area contributed by atoms with Gasteiger partial charge in [-0.15, -0.1) is 0 Å². The zero-order valence-corrected chi connectivity index (χ0v) is 34.3. The minimum atomic E-state index is -4.58. The number of likely N-dealkylation sites (tertiary alicyclic amines) is 2. The maximum atomic E-state index is 16.2. The van der Waals surface area contributed by atoms with Crippen molar-refractivity contribution in [2.75, 3.05) is 27.3 Å². The first-order valence-electron chi connectivity index (χ1n) is 20.1. The number of H-pyrrole nitrogens is 1. The first-order valence-corrected chi connectivity index (χ1v) is 20.1. The molecular formula is C43H49F4N7O6. The zero-order chi connectivity index (χ0) is 43.3. The molecule has 17 heteroatoms. The number of nitrogens with zero attached hydrogens (tertiary/aromatic N) is 4. The van der Waals surface area contributed by atoms with Crippen LogP contribution in [0.1, 0.15) is 88.4 Å². The number of fused-ring (bicyclic) bond motifs is 3. The molecule has 1 aliphatic carbocycles. The lowest BCUT2D eigenvalue weighted by Crippen LogP contribution is -2.53. The third-order valence-electron chi connectivity index (χ3n) is 12.0. The van der Waals surface area contributed by atoms with Crippen molar-refractivity contribution >= 4 is 35.3 Å². The number of alkyl carbamates (subject to hydrolysis) is 2. The number of hydrogen-bond donors (Lipinski definition) is 3. The molecule has 13 nitrogen and oxygen atoms in total. The van der Waals surface area contributed by atoms with Gasteiger partial charge >= 0.3 is 24.0 Å². The predicted molar refractivity (Wildman–Crippen MR) is 214 cm³/mol. The van der Waals surface area contributed by atoms with Crippen LogP contribution in [0.3, 0.4) is 0 Å². The smallest absolute Gasteiger partial charge is 0.407 e. The van der Waals surface area contributed by atoms with Crippen LogP contribution in [0.5, 0.6) is 0 Å². The van der Waals surface area contributed by atoms with Crippen molar-refractivity contribution in [3.63, 3.8) is 0 Å². The first-order chi connectivity index (χ1) is 28.5. The number of aliphatic imine (C=N–C) groups is 1. The highest BCUT2D eigenvalue weighted by molar-refractivity contribution is 6.04. The Bertz CT molecular complexity index is 2250. The lowest BCUT2D eigenvalue weighted by atomic mass is 9.78. The number of benzene rings is 2. The van der Waals surface area contributed by atoms with Crippen molar-refractivity contribution < 1.29 is 46.2 Å². The van der Waals surface area contributed by atoms with Gasteiger partial charge < -0.3 is 34.9 Å². The quantitative estimate of drug-likeness (QED) is 0.178. The highest BCUT2D eigenvalue weighted by Gasteiger charge is 2.63. The molecule has 4 aliphatic rings. The maximum absolute atomic E-state index is 16.2. The Morgan fingerprint density at radius 1 is 0.767 bits per heavy atom. The van der Waals surface area contributed by atoms with Crippen LogP contribution in [0, 0.1) is 11.8 Å². The predicted octanol–water partition coefficient (Wildman–Crippen LogP) is 7.54. The fourth-order valence-electron chi connectivity index (χ4n) is 8.71. The minimum absolute atomic E-state index is 0.0213. The van der Waals surface area contributed by atoms with Gasteiger partial charge in [-0.05, 0) is 71.9 Å². The number of allylic oxidation sites excluding steroid dienone is 1. The molecule has 0 spiro atoms. The van der Waals surface area contributed by atoms with Crippen LogP contribution in [0.25, 0.3) is 28.0 Å². The Hall–Kier alpha value is -5.74. The number of nitrogens with one attached hydrogen (secondary N) is 3. The number of aromatic amines is 1. The van der Waals surface area contributed by atoms with E-state index in [4.69, 9.17) is 9.47 Å².